The Morgan fingerprint density at radius 3 is 1.50 bits per heavy atom. The van der Waals surface area contributed by atoms with Crippen LogP contribution in [0.25, 0.3) is 0 Å². The number of unbranched alkanes of at least 4 members (excludes halogenated alkanes) is 10. The standard InChI is InChI=1S/2C8H17.C7H8O2.Al/c2*1-3-5-7-8-6-4-2;1-9-7-4-2-6(8)3-5-7;/h2*1,3-8H2,2H3;2-5,8H,1H3;/q;;;+1/p-1. The Bertz CT molecular complexity index is 403. The Morgan fingerprint density at radius 2 is 1.04 bits per heavy atom. The number of rotatable bonds is 17. The van der Waals surface area contributed by atoms with Crippen LogP contribution >= 0.6 is 0 Å². The highest BCUT2D eigenvalue weighted by Gasteiger charge is 2.22. The molecule has 0 aliphatic heterocycles. The molecule has 3 heteroatoms. The molecule has 1 aromatic carbocycles. The van der Waals surface area contributed by atoms with Crippen LogP contribution in [0, 0.1) is 0 Å². The van der Waals surface area contributed by atoms with Crippen molar-refractivity contribution in [2.75, 3.05) is 7.11 Å². The first-order valence-corrected chi connectivity index (χ1v) is 13.2. The Kier molecular flexibility index (Phi) is 14.9. The largest absolute Gasteiger partial charge is 0.643 e. The van der Waals surface area contributed by atoms with Crippen LogP contribution < -0.4 is 8.53 Å². The minimum absolute atomic E-state index is 0.905. The molecular weight excluding hydrogens is 335 g/mol. The number of ether oxygens (including phenoxy) is 1. The molecule has 148 valence electrons. The first-order valence-electron chi connectivity index (χ1n) is 11.1. The minimum Gasteiger partial charge on any atom is -0.643 e. The van der Waals surface area contributed by atoms with Crippen molar-refractivity contribution in [2.45, 2.75) is 101 Å². The van der Waals surface area contributed by atoms with E-state index >= 15 is 0 Å². The van der Waals surface area contributed by atoms with E-state index in [0.717, 1.165) is 11.5 Å². The third kappa shape index (κ3) is 11.9. The van der Waals surface area contributed by atoms with Gasteiger partial charge in [-0.15, -0.1) is 0 Å². The molecule has 0 aliphatic rings. The highest BCUT2D eigenvalue weighted by atomic mass is 27.2. The predicted molar refractivity (Wildman–Crippen MR) is 116 cm³/mol. The maximum absolute atomic E-state index is 6.45. The van der Waals surface area contributed by atoms with Gasteiger partial charge in [-0.2, -0.15) is 0 Å². The highest BCUT2D eigenvalue weighted by molar-refractivity contribution is 6.52. The summed E-state index contributed by atoms with van der Waals surface area (Å²) >= 11 is -1.14. The maximum Gasteiger partial charge on any atom is 0.546 e. The minimum atomic E-state index is -1.14. The zero-order valence-electron chi connectivity index (χ0n) is 17.6. The molecule has 0 unspecified atom stereocenters. The van der Waals surface area contributed by atoms with Crippen molar-refractivity contribution >= 4 is 14.5 Å². The average Bonchev–Trinajstić information content (AvgIpc) is 2.67. The van der Waals surface area contributed by atoms with Crippen molar-refractivity contribution in [2.24, 2.45) is 0 Å². The summed E-state index contributed by atoms with van der Waals surface area (Å²) in [7, 11) is 1.71. The molecule has 0 spiro atoms. The highest BCUT2D eigenvalue weighted by Crippen LogP contribution is 2.22. The third-order valence-electron chi connectivity index (χ3n) is 5.12. The van der Waals surface area contributed by atoms with Crippen LogP contribution in [0.3, 0.4) is 0 Å². The second kappa shape index (κ2) is 16.5. The Balaban J connectivity index is 2.35. The van der Waals surface area contributed by atoms with Crippen LogP contribution in [0.2, 0.25) is 10.6 Å². The van der Waals surface area contributed by atoms with Crippen LogP contribution in [0.5, 0.6) is 11.5 Å². The van der Waals surface area contributed by atoms with Gasteiger partial charge in [0.05, 0.1) is 12.9 Å². The second-order valence-electron chi connectivity index (χ2n) is 7.53. The fourth-order valence-electron chi connectivity index (χ4n) is 3.41. The topological polar surface area (TPSA) is 18.5 Å². The summed E-state index contributed by atoms with van der Waals surface area (Å²) in [5.74, 6) is 1.95. The summed E-state index contributed by atoms with van der Waals surface area (Å²) < 4.78 is 11.7. The summed E-state index contributed by atoms with van der Waals surface area (Å²) in [6, 6.07) is 8.16. The molecule has 1 aromatic rings. The molecule has 0 heterocycles. The van der Waals surface area contributed by atoms with Crippen molar-refractivity contribution in [3.63, 3.8) is 0 Å². The van der Waals surface area contributed by atoms with Crippen molar-refractivity contribution in [3.8, 4) is 11.5 Å². The van der Waals surface area contributed by atoms with Gasteiger partial charge in [0.1, 0.15) is 5.75 Å². The van der Waals surface area contributed by atoms with Crippen LogP contribution in [0.4, 0.5) is 0 Å². The van der Waals surface area contributed by atoms with E-state index in [0.29, 0.717) is 0 Å². The molecule has 0 bridgehead atoms. The first-order chi connectivity index (χ1) is 12.8. The number of benzene rings is 1. The monoisotopic (exact) mass is 376 g/mol. The van der Waals surface area contributed by atoms with Gasteiger partial charge in [-0.1, -0.05) is 101 Å². The lowest BCUT2D eigenvalue weighted by molar-refractivity contribution is 0.414. The third-order valence-corrected chi connectivity index (χ3v) is 7.83. The summed E-state index contributed by atoms with van der Waals surface area (Å²) in [6.07, 6.45) is 16.5. The second-order valence-corrected chi connectivity index (χ2v) is 10.2. The van der Waals surface area contributed by atoms with Gasteiger partial charge in [-0.05, 0) is 24.3 Å². The zero-order valence-corrected chi connectivity index (χ0v) is 18.8. The molecule has 0 saturated heterocycles. The SMILES string of the molecule is CCCCCCC[CH2][Al]([CH2]CCCCCCC)[O]c1ccc(OC)cc1. The van der Waals surface area contributed by atoms with Crippen LogP contribution in [0.15, 0.2) is 24.3 Å². The van der Waals surface area contributed by atoms with E-state index in [4.69, 9.17) is 8.53 Å². The molecule has 0 saturated carbocycles. The van der Waals surface area contributed by atoms with Crippen LogP contribution in [-0.4, -0.2) is 21.6 Å². The lowest BCUT2D eigenvalue weighted by Crippen LogP contribution is -2.21. The molecule has 1 rings (SSSR count). The van der Waals surface area contributed by atoms with Crippen molar-refractivity contribution in [1.82, 2.24) is 0 Å². The van der Waals surface area contributed by atoms with Gasteiger partial charge in [0.25, 0.3) is 0 Å². The quantitative estimate of drug-likeness (QED) is 0.204. The van der Waals surface area contributed by atoms with Crippen molar-refractivity contribution in [3.05, 3.63) is 24.3 Å². The van der Waals surface area contributed by atoms with Gasteiger partial charge in [0.15, 0.2) is 0 Å². The van der Waals surface area contributed by atoms with Gasteiger partial charge in [0.2, 0.25) is 0 Å². The van der Waals surface area contributed by atoms with E-state index in [9.17, 15) is 0 Å². The van der Waals surface area contributed by atoms with E-state index in [-0.39, 0.29) is 0 Å². The summed E-state index contributed by atoms with van der Waals surface area (Å²) in [4.78, 5) is 0. The van der Waals surface area contributed by atoms with E-state index < -0.39 is 14.5 Å². The first kappa shape index (κ1) is 23.4. The molecule has 0 fully saturated rings. The number of methoxy groups -OCH3 is 1. The molecule has 0 N–H and O–H groups in total. The van der Waals surface area contributed by atoms with E-state index in [1.165, 1.54) is 87.6 Å². The van der Waals surface area contributed by atoms with E-state index in [2.05, 4.69) is 26.0 Å². The fourth-order valence-corrected chi connectivity index (χ4v) is 5.97. The smallest absolute Gasteiger partial charge is 0.546 e. The summed E-state index contributed by atoms with van der Waals surface area (Å²) in [5, 5.41) is 2.65. The van der Waals surface area contributed by atoms with E-state index in [1.54, 1.807) is 7.11 Å². The Morgan fingerprint density at radius 1 is 0.615 bits per heavy atom. The average molecular weight is 377 g/mol. The van der Waals surface area contributed by atoms with Gasteiger partial charge >= 0.3 is 14.5 Å². The Labute approximate surface area is 167 Å². The van der Waals surface area contributed by atoms with Crippen LogP contribution in [0.1, 0.15) is 90.9 Å². The number of hydrogen-bond acceptors (Lipinski definition) is 2. The molecule has 0 radical (unpaired) electrons. The van der Waals surface area contributed by atoms with Crippen LogP contribution in [-0.2, 0) is 0 Å². The molecule has 0 aromatic heterocycles. The predicted octanol–water partition coefficient (Wildman–Crippen LogP) is 7.79. The molecule has 2 nitrogen and oxygen atoms in total. The van der Waals surface area contributed by atoms with Gasteiger partial charge in [0, 0.05) is 0 Å². The lowest BCUT2D eigenvalue weighted by Gasteiger charge is -2.16. The normalized spacial score (nSPS) is 10.7. The Hall–Kier alpha value is -0.648. The van der Waals surface area contributed by atoms with Gasteiger partial charge in [-0.25, -0.2) is 0 Å². The molecule has 0 aliphatic carbocycles. The molecule has 0 atom stereocenters. The van der Waals surface area contributed by atoms with Crippen molar-refractivity contribution in [1.29, 1.82) is 0 Å². The fraction of sp³-hybridized carbons (Fsp3) is 0.739. The van der Waals surface area contributed by atoms with Gasteiger partial charge < -0.3 is 8.53 Å². The number of hydrogen-bond donors (Lipinski definition) is 0. The molecule has 0 amide bonds. The summed E-state index contributed by atoms with van der Waals surface area (Å²) in [6.45, 7) is 4.57. The lowest BCUT2D eigenvalue weighted by atomic mass is 10.1. The molecular formula is C23H41AlO2. The maximum atomic E-state index is 6.45. The van der Waals surface area contributed by atoms with Crippen molar-refractivity contribution < 1.29 is 8.53 Å². The molecule has 26 heavy (non-hydrogen) atoms. The van der Waals surface area contributed by atoms with E-state index in [1.807, 2.05) is 12.1 Å². The van der Waals surface area contributed by atoms with Gasteiger partial charge in [-0.3, -0.25) is 0 Å². The zero-order chi connectivity index (χ0) is 18.9. The summed E-state index contributed by atoms with van der Waals surface area (Å²) in [5.41, 5.74) is 0.